The van der Waals surface area contributed by atoms with Crippen LogP contribution in [0.4, 0.5) is 4.39 Å². The second-order valence-corrected chi connectivity index (χ2v) is 5.97. The number of benzene rings is 2. The Kier molecular flexibility index (Phi) is 4.35. The highest BCUT2D eigenvalue weighted by atomic mass is 32.1. The Balaban J connectivity index is 2.22. The number of nitrogens with zero attached hydrogens (tertiary/aromatic N) is 2. The fourth-order valence-corrected chi connectivity index (χ4v) is 3.54. The first-order valence-corrected chi connectivity index (χ1v) is 7.92. The lowest BCUT2D eigenvalue weighted by atomic mass is 10.2. The van der Waals surface area contributed by atoms with Gasteiger partial charge in [0.25, 0.3) is 5.91 Å². The Hall–Kier alpha value is -2.67. The molecule has 0 aliphatic heterocycles. The molecule has 0 bridgehead atoms. The van der Waals surface area contributed by atoms with E-state index in [0.717, 1.165) is 10.2 Å². The molecule has 5 nitrogen and oxygen atoms in total. The average Bonchev–Trinajstić information content (AvgIpc) is 2.91. The maximum Gasteiger partial charge on any atom is 0.282 e. The van der Waals surface area contributed by atoms with E-state index < -0.39 is 11.7 Å². The fraction of sp³-hybridized carbons (Fsp3) is 0.176. The van der Waals surface area contributed by atoms with Gasteiger partial charge in [-0.25, -0.2) is 4.39 Å². The van der Waals surface area contributed by atoms with E-state index in [4.69, 9.17) is 9.47 Å². The first-order chi connectivity index (χ1) is 11.6. The summed E-state index contributed by atoms with van der Waals surface area (Å²) in [6, 6.07) is 9.36. The van der Waals surface area contributed by atoms with Gasteiger partial charge in [0.15, 0.2) is 4.80 Å². The van der Waals surface area contributed by atoms with Crippen molar-refractivity contribution in [2.45, 2.75) is 0 Å². The molecule has 3 aromatic rings. The molecule has 0 unspecified atom stereocenters. The number of amides is 1. The van der Waals surface area contributed by atoms with Crippen LogP contribution in [0.5, 0.6) is 11.5 Å². The van der Waals surface area contributed by atoms with Crippen LogP contribution in [0.2, 0.25) is 0 Å². The van der Waals surface area contributed by atoms with Crippen LogP contribution in [-0.2, 0) is 7.05 Å². The molecule has 1 aromatic heterocycles. The molecule has 0 saturated heterocycles. The van der Waals surface area contributed by atoms with Gasteiger partial charge in [0.2, 0.25) is 0 Å². The number of ether oxygens (including phenoxy) is 2. The lowest BCUT2D eigenvalue weighted by Gasteiger charge is -2.06. The van der Waals surface area contributed by atoms with Crippen LogP contribution in [-0.4, -0.2) is 24.7 Å². The van der Waals surface area contributed by atoms with Crippen LogP contribution in [0.3, 0.4) is 0 Å². The Morgan fingerprint density at radius 3 is 2.46 bits per heavy atom. The van der Waals surface area contributed by atoms with E-state index in [1.807, 2.05) is 0 Å². The highest BCUT2D eigenvalue weighted by molar-refractivity contribution is 7.16. The molecule has 0 spiro atoms. The van der Waals surface area contributed by atoms with Gasteiger partial charge in [0.05, 0.1) is 19.8 Å². The Bertz CT molecular complexity index is 991. The summed E-state index contributed by atoms with van der Waals surface area (Å²) < 4.78 is 27.0. The van der Waals surface area contributed by atoms with E-state index in [0.29, 0.717) is 16.3 Å². The van der Waals surface area contributed by atoms with Gasteiger partial charge in [-0.05, 0) is 24.3 Å². The van der Waals surface area contributed by atoms with Crippen molar-refractivity contribution in [2.75, 3.05) is 14.2 Å². The maximum atomic E-state index is 13.8. The van der Waals surface area contributed by atoms with Gasteiger partial charge in [0.1, 0.15) is 27.5 Å². The van der Waals surface area contributed by atoms with Crippen molar-refractivity contribution in [1.82, 2.24) is 4.57 Å². The summed E-state index contributed by atoms with van der Waals surface area (Å²) in [6.07, 6.45) is 0. The third-order valence-corrected chi connectivity index (χ3v) is 4.76. The van der Waals surface area contributed by atoms with Crippen LogP contribution < -0.4 is 14.3 Å². The standard InChI is InChI=1S/C17H15FN2O3S/c1-20-14-12(22-2)8-9-13(23-3)15(14)24-17(20)19-16(21)10-6-4-5-7-11(10)18/h4-9H,1-3H3. The van der Waals surface area contributed by atoms with Crippen molar-refractivity contribution in [2.24, 2.45) is 12.0 Å². The van der Waals surface area contributed by atoms with E-state index in [1.165, 1.54) is 29.5 Å². The van der Waals surface area contributed by atoms with Crippen molar-refractivity contribution in [1.29, 1.82) is 0 Å². The number of hydrogen-bond donors (Lipinski definition) is 0. The predicted molar refractivity (Wildman–Crippen MR) is 90.2 cm³/mol. The molecule has 124 valence electrons. The van der Waals surface area contributed by atoms with Crippen LogP contribution in [0.1, 0.15) is 10.4 Å². The summed E-state index contributed by atoms with van der Waals surface area (Å²) in [4.78, 5) is 16.8. The highest BCUT2D eigenvalue weighted by Crippen LogP contribution is 2.34. The number of thiazole rings is 1. The summed E-state index contributed by atoms with van der Waals surface area (Å²) in [7, 11) is 4.91. The molecule has 0 fully saturated rings. The quantitative estimate of drug-likeness (QED) is 0.732. The first-order valence-electron chi connectivity index (χ1n) is 7.11. The molecule has 0 aliphatic rings. The minimum atomic E-state index is -0.631. The number of hydrogen-bond acceptors (Lipinski definition) is 4. The Labute approximate surface area is 141 Å². The minimum Gasteiger partial charge on any atom is -0.495 e. The van der Waals surface area contributed by atoms with Gasteiger partial charge < -0.3 is 14.0 Å². The third-order valence-electron chi connectivity index (χ3n) is 3.62. The first kappa shape index (κ1) is 16.2. The number of carbonyl (C=O) groups is 1. The molecular formula is C17H15FN2O3S. The number of aromatic nitrogens is 1. The molecule has 3 rings (SSSR count). The van der Waals surface area contributed by atoms with Crippen LogP contribution in [0.15, 0.2) is 41.4 Å². The monoisotopic (exact) mass is 346 g/mol. The van der Waals surface area contributed by atoms with E-state index in [-0.39, 0.29) is 5.56 Å². The van der Waals surface area contributed by atoms with Crippen molar-refractivity contribution in [3.8, 4) is 11.5 Å². The number of rotatable bonds is 3. The van der Waals surface area contributed by atoms with Gasteiger partial charge in [-0.3, -0.25) is 4.79 Å². The van der Waals surface area contributed by atoms with Gasteiger partial charge in [-0.2, -0.15) is 4.99 Å². The second-order valence-electron chi connectivity index (χ2n) is 4.99. The normalized spacial score (nSPS) is 11.8. The van der Waals surface area contributed by atoms with Gasteiger partial charge in [0, 0.05) is 7.05 Å². The molecule has 7 heteroatoms. The van der Waals surface area contributed by atoms with Crippen molar-refractivity contribution in [3.05, 3.63) is 52.6 Å². The molecule has 0 atom stereocenters. The summed E-state index contributed by atoms with van der Waals surface area (Å²) in [5.41, 5.74) is 0.704. The molecule has 0 saturated carbocycles. The molecule has 1 amide bonds. The SMILES string of the molecule is COc1ccc(OC)c2c1sc(=NC(=O)c1ccccc1F)n2C. The zero-order chi connectivity index (χ0) is 17.3. The number of methoxy groups -OCH3 is 2. The van der Waals surface area contributed by atoms with Crippen molar-refractivity contribution in [3.63, 3.8) is 0 Å². The topological polar surface area (TPSA) is 52.8 Å². The summed E-state index contributed by atoms with van der Waals surface area (Å²) in [5, 5.41) is 0. The van der Waals surface area contributed by atoms with Crippen LogP contribution in [0.25, 0.3) is 10.2 Å². The smallest absolute Gasteiger partial charge is 0.282 e. The molecular weight excluding hydrogens is 331 g/mol. The third kappa shape index (κ3) is 2.67. The predicted octanol–water partition coefficient (Wildman–Crippen LogP) is 3.14. The fourth-order valence-electron chi connectivity index (χ4n) is 2.41. The van der Waals surface area contributed by atoms with E-state index in [2.05, 4.69) is 4.99 Å². The van der Waals surface area contributed by atoms with Crippen LogP contribution in [0, 0.1) is 5.82 Å². The number of fused-ring (bicyclic) bond motifs is 1. The molecule has 0 N–H and O–H groups in total. The van der Waals surface area contributed by atoms with E-state index >= 15 is 0 Å². The summed E-state index contributed by atoms with van der Waals surface area (Å²) in [6.45, 7) is 0. The molecule has 24 heavy (non-hydrogen) atoms. The van der Waals surface area contributed by atoms with Gasteiger partial charge in [-0.15, -0.1) is 0 Å². The average molecular weight is 346 g/mol. The second kappa shape index (κ2) is 6.45. The number of halogens is 1. The Morgan fingerprint density at radius 2 is 1.79 bits per heavy atom. The summed E-state index contributed by atoms with van der Waals surface area (Å²) >= 11 is 1.28. The minimum absolute atomic E-state index is 0.0612. The lowest BCUT2D eigenvalue weighted by Crippen LogP contribution is -2.14. The van der Waals surface area contributed by atoms with E-state index in [1.54, 1.807) is 44.0 Å². The number of aryl methyl sites for hydroxylation is 1. The molecule has 0 radical (unpaired) electrons. The lowest BCUT2D eigenvalue weighted by molar-refractivity contribution is 0.0994. The molecule has 2 aromatic carbocycles. The summed E-state index contributed by atoms with van der Waals surface area (Å²) in [5.74, 6) is 0.0777. The largest absolute Gasteiger partial charge is 0.495 e. The molecule has 1 heterocycles. The Morgan fingerprint density at radius 1 is 1.12 bits per heavy atom. The van der Waals surface area contributed by atoms with Gasteiger partial charge >= 0.3 is 0 Å². The zero-order valence-corrected chi connectivity index (χ0v) is 14.2. The maximum absolute atomic E-state index is 13.8. The zero-order valence-electron chi connectivity index (χ0n) is 13.4. The van der Waals surface area contributed by atoms with E-state index in [9.17, 15) is 9.18 Å². The van der Waals surface area contributed by atoms with Crippen molar-refractivity contribution >= 4 is 27.5 Å². The number of carbonyl (C=O) groups excluding carboxylic acids is 1. The highest BCUT2D eigenvalue weighted by Gasteiger charge is 2.15. The van der Waals surface area contributed by atoms with Gasteiger partial charge in [-0.1, -0.05) is 23.5 Å². The van der Waals surface area contributed by atoms with Crippen LogP contribution >= 0.6 is 11.3 Å². The van der Waals surface area contributed by atoms with Crippen molar-refractivity contribution < 1.29 is 18.7 Å². The molecule has 0 aliphatic carbocycles.